The van der Waals surface area contributed by atoms with Gasteiger partial charge in [0.1, 0.15) is 10.6 Å². The molecule has 0 aliphatic rings. The van der Waals surface area contributed by atoms with E-state index in [1.807, 2.05) is 37.3 Å². The van der Waals surface area contributed by atoms with Gasteiger partial charge in [-0.3, -0.25) is 9.10 Å². The molecule has 8 heteroatoms. The van der Waals surface area contributed by atoms with Crippen molar-refractivity contribution in [2.75, 3.05) is 18.5 Å². The highest BCUT2D eigenvalue weighted by Gasteiger charge is 2.26. The zero-order valence-corrected chi connectivity index (χ0v) is 18.0. The summed E-state index contributed by atoms with van der Waals surface area (Å²) in [4.78, 5) is 13.3. The van der Waals surface area contributed by atoms with Crippen molar-refractivity contribution in [1.29, 1.82) is 0 Å². The molecule has 0 radical (unpaired) electrons. The Bertz CT molecular complexity index is 1080. The SMILES string of the molecule is COc1ccc(S(=O)(=O)N(C)c2ccsc2C(=O)NC(C)c2ccccc2)cc1. The fraction of sp³-hybridized carbons (Fsp3) is 0.190. The summed E-state index contributed by atoms with van der Waals surface area (Å²) in [5.74, 6) is 0.250. The fourth-order valence-electron chi connectivity index (χ4n) is 2.84. The number of anilines is 1. The minimum Gasteiger partial charge on any atom is -0.497 e. The highest BCUT2D eigenvalue weighted by molar-refractivity contribution is 7.92. The Labute approximate surface area is 174 Å². The molecule has 1 aromatic heterocycles. The van der Waals surface area contributed by atoms with Gasteiger partial charge in [0.2, 0.25) is 0 Å². The molecule has 3 aromatic rings. The van der Waals surface area contributed by atoms with E-state index < -0.39 is 10.0 Å². The van der Waals surface area contributed by atoms with E-state index in [9.17, 15) is 13.2 Å². The highest BCUT2D eigenvalue weighted by atomic mass is 32.2. The molecule has 0 spiro atoms. The summed E-state index contributed by atoms with van der Waals surface area (Å²) >= 11 is 1.20. The molecule has 1 atom stereocenters. The van der Waals surface area contributed by atoms with Crippen LogP contribution in [0.25, 0.3) is 0 Å². The van der Waals surface area contributed by atoms with Gasteiger partial charge in [-0.05, 0) is 48.2 Å². The largest absolute Gasteiger partial charge is 0.497 e. The first-order valence-electron chi connectivity index (χ1n) is 8.91. The molecule has 3 rings (SSSR count). The molecular formula is C21H22N2O4S2. The molecule has 1 N–H and O–H groups in total. The number of benzene rings is 2. The molecule has 0 fully saturated rings. The van der Waals surface area contributed by atoms with Gasteiger partial charge in [-0.25, -0.2) is 8.42 Å². The number of rotatable bonds is 7. The van der Waals surface area contributed by atoms with Gasteiger partial charge in [-0.15, -0.1) is 11.3 Å². The Morgan fingerprint density at radius 2 is 1.72 bits per heavy atom. The van der Waals surface area contributed by atoms with Gasteiger partial charge in [-0.2, -0.15) is 0 Å². The third-order valence-corrected chi connectivity index (χ3v) is 7.24. The zero-order valence-electron chi connectivity index (χ0n) is 16.3. The summed E-state index contributed by atoms with van der Waals surface area (Å²) < 4.78 is 32.2. The third-order valence-electron chi connectivity index (χ3n) is 4.55. The molecule has 2 aromatic carbocycles. The molecule has 6 nitrogen and oxygen atoms in total. The average molecular weight is 431 g/mol. The molecule has 0 aliphatic heterocycles. The van der Waals surface area contributed by atoms with E-state index in [-0.39, 0.29) is 16.8 Å². The molecule has 152 valence electrons. The Kier molecular flexibility index (Phi) is 6.24. The van der Waals surface area contributed by atoms with Crippen LogP contribution in [0.2, 0.25) is 0 Å². The topological polar surface area (TPSA) is 75.7 Å². The van der Waals surface area contributed by atoms with Gasteiger partial charge in [0.05, 0.1) is 23.7 Å². The lowest BCUT2D eigenvalue weighted by Gasteiger charge is -2.21. The first-order valence-corrected chi connectivity index (χ1v) is 11.2. The van der Waals surface area contributed by atoms with Gasteiger partial charge in [0.15, 0.2) is 0 Å². The number of nitrogens with zero attached hydrogens (tertiary/aromatic N) is 1. The number of nitrogens with one attached hydrogen (secondary N) is 1. The number of carbonyl (C=O) groups excluding carboxylic acids is 1. The Morgan fingerprint density at radius 3 is 2.34 bits per heavy atom. The number of methoxy groups -OCH3 is 1. The number of hydrogen-bond donors (Lipinski definition) is 1. The first-order chi connectivity index (χ1) is 13.8. The van der Waals surface area contributed by atoms with Crippen LogP contribution in [0.15, 0.2) is 70.9 Å². The van der Waals surface area contributed by atoms with E-state index >= 15 is 0 Å². The van der Waals surface area contributed by atoms with Crippen LogP contribution in [0.4, 0.5) is 5.69 Å². The number of ether oxygens (including phenoxy) is 1. The van der Waals surface area contributed by atoms with Crippen LogP contribution in [0.5, 0.6) is 5.75 Å². The van der Waals surface area contributed by atoms with E-state index in [1.54, 1.807) is 23.6 Å². The molecular weight excluding hydrogens is 408 g/mol. The lowest BCUT2D eigenvalue weighted by atomic mass is 10.1. The molecule has 1 amide bonds. The lowest BCUT2D eigenvalue weighted by Crippen LogP contribution is -2.30. The van der Waals surface area contributed by atoms with Crippen LogP contribution in [0.3, 0.4) is 0 Å². The van der Waals surface area contributed by atoms with Crippen LogP contribution in [0, 0.1) is 0 Å². The molecule has 1 unspecified atom stereocenters. The van der Waals surface area contributed by atoms with Gasteiger partial charge in [0.25, 0.3) is 15.9 Å². The summed E-state index contributed by atoms with van der Waals surface area (Å²) in [5.41, 5.74) is 1.31. The Hall–Kier alpha value is -2.84. The van der Waals surface area contributed by atoms with Gasteiger partial charge < -0.3 is 10.1 Å². The van der Waals surface area contributed by atoms with Gasteiger partial charge in [0, 0.05) is 7.05 Å². The predicted octanol–water partition coefficient (Wildman–Crippen LogP) is 4.07. The van der Waals surface area contributed by atoms with Crippen LogP contribution >= 0.6 is 11.3 Å². The number of hydrogen-bond acceptors (Lipinski definition) is 5. The van der Waals surface area contributed by atoms with Crippen molar-refractivity contribution >= 4 is 33.0 Å². The van der Waals surface area contributed by atoms with E-state index in [1.165, 1.54) is 37.6 Å². The third kappa shape index (κ3) is 4.44. The normalized spacial score (nSPS) is 12.2. The summed E-state index contributed by atoms with van der Waals surface area (Å²) in [6.45, 7) is 1.89. The number of sulfonamides is 1. The maximum atomic E-state index is 13.0. The maximum Gasteiger partial charge on any atom is 0.264 e. The van der Waals surface area contributed by atoms with Gasteiger partial charge in [-0.1, -0.05) is 30.3 Å². The van der Waals surface area contributed by atoms with E-state index in [2.05, 4.69) is 5.32 Å². The van der Waals surface area contributed by atoms with Crippen molar-refractivity contribution in [2.45, 2.75) is 17.9 Å². The second kappa shape index (κ2) is 8.67. The quantitative estimate of drug-likeness (QED) is 0.613. The summed E-state index contributed by atoms with van der Waals surface area (Å²) in [6.07, 6.45) is 0. The van der Waals surface area contributed by atoms with E-state index in [4.69, 9.17) is 4.74 Å². The van der Waals surface area contributed by atoms with Crippen LogP contribution in [0.1, 0.15) is 28.2 Å². The fourth-order valence-corrected chi connectivity index (χ4v) is 4.93. The molecule has 0 saturated heterocycles. The standard InChI is InChI=1S/C21H22N2O4S2/c1-15(16-7-5-4-6-8-16)22-21(24)20-19(13-14-28-20)23(2)29(25,26)18-11-9-17(27-3)10-12-18/h4-15H,1-3H3,(H,22,24). The minimum atomic E-state index is -3.82. The van der Waals surface area contributed by atoms with E-state index in [0.717, 1.165) is 9.87 Å². The summed E-state index contributed by atoms with van der Waals surface area (Å²) in [6, 6.07) is 17.1. The van der Waals surface area contributed by atoms with Crippen LogP contribution in [-0.2, 0) is 10.0 Å². The van der Waals surface area contributed by atoms with Crippen molar-refractivity contribution < 1.29 is 17.9 Å². The molecule has 29 heavy (non-hydrogen) atoms. The average Bonchev–Trinajstić information content (AvgIpc) is 3.23. The Morgan fingerprint density at radius 1 is 1.07 bits per heavy atom. The van der Waals surface area contributed by atoms with Crippen molar-refractivity contribution in [3.05, 3.63) is 76.5 Å². The number of carbonyl (C=O) groups is 1. The second-order valence-electron chi connectivity index (χ2n) is 6.39. The maximum absolute atomic E-state index is 13.0. The smallest absolute Gasteiger partial charge is 0.264 e. The van der Waals surface area contributed by atoms with Crippen molar-refractivity contribution in [2.24, 2.45) is 0 Å². The molecule has 1 heterocycles. The molecule has 0 aliphatic carbocycles. The summed E-state index contributed by atoms with van der Waals surface area (Å²) in [5, 5.41) is 4.64. The van der Waals surface area contributed by atoms with Gasteiger partial charge >= 0.3 is 0 Å². The second-order valence-corrected chi connectivity index (χ2v) is 9.27. The zero-order chi connectivity index (χ0) is 21.0. The van der Waals surface area contributed by atoms with Crippen molar-refractivity contribution in [3.8, 4) is 5.75 Å². The lowest BCUT2D eigenvalue weighted by molar-refractivity contribution is 0.0944. The molecule has 0 saturated carbocycles. The summed E-state index contributed by atoms with van der Waals surface area (Å²) in [7, 11) is -0.859. The van der Waals surface area contributed by atoms with E-state index in [0.29, 0.717) is 16.3 Å². The number of thiophene rings is 1. The predicted molar refractivity (Wildman–Crippen MR) is 115 cm³/mol. The Balaban J connectivity index is 1.83. The van der Waals surface area contributed by atoms with Crippen LogP contribution < -0.4 is 14.4 Å². The first kappa shape index (κ1) is 20.9. The highest BCUT2D eigenvalue weighted by Crippen LogP contribution is 2.31. The number of amides is 1. The van der Waals surface area contributed by atoms with Crippen molar-refractivity contribution in [1.82, 2.24) is 5.32 Å². The minimum absolute atomic E-state index is 0.121. The van der Waals surface area contributed by atoms with Crippen molar-refractivity contribution in [3.63, 3.8) is 0 Å². The van der Waals surface area contributed by atoms with Crippen LogP contribution in [-0.4, -0.2) is 28.5 Å². The monoisotopic (exact) mass is 430 g/mol. The molecule has 0 bridgehead atoms.